The lowest BCUT2D eigenvalue weighted by Crippen LogP contribution is -2.46. The largest absolute Gasteiger partial charge is 0.360 e. The van der Waals surface area contributed by atoms with Gasteiger partial charge in [0.05, 0.1) is 6.61 Å². The molecular formula is C9H18N2O2. The number of hydrogen-bond donors (Lipinski definition) is 2. The molecule has 4 heteroatoms. The average Bonchev–Trinajstić information content (AvgIpc) is 2.86. The molecule has 1 aliphatic rings. The van der Waals surface area contributed by atoms with Crippen molar-refractivity contribution in [3.63, 3.8) is 0 Å². The van der Waals surface area contributed by atoms with Gasteiger partial charge in [-0.3, -0.25) is 10.6 Å². The second-order valence-corrected chi connectivity index (χ2v) is 3.99. The summed E-state index contributed by atoms with van der Waals surface area (Å²) in [4.78, 5) is 11.2. The van der Waals surface area contributed by atoms with E-state index in [1.165, 1.54) is 0 Å². The van der Waals surface area contributed by atoms with Crippen LogP contribution < -0.4 is 11.3 Å². The summed E-state index contributed by atoms with van der Waals surface area (Å²) in [7, 11) is 0. The van der Waals surface area contributed by atoms with Gasteiger partial charge in [0.2, 0.25) is 0 Å². The third kappa shape index (κ3) is 3.85. The number of hydrazine groups is 1. The molecule has 0 unspecified atom stereocenters. The van der Waals surface area contributed by atoms with Gasteiger partial charge >= 0.3 is 0 Å². The van der Waals surface area contributed by atoms with Crippen molar-refractivity contribution < 1.29 is 9.53 Å². The molecule has 1 fully saturated rings. The molecule has 0 amide bonds. The standard InChI is InChI=1S/C9H18N2O2/c1-9(2,11-10)13-6-5-8(12)7-3-4-7/h7,11H,3-6,10H2,1-2H3. The van der Waals surface area contributed by atoms with Gasteiger partial charge in [0.15, 0.2) is 0 Å². The van der Waals surface area contributed by atoms with E-state index in [0.29, 0.717) is 24.7 Å². The fourth-order valence-electron chi connectivity index (χ4n) is 1.06. The minimum absolute atomic E-state index is 0.327. The van der Waals surface area contributed by atoms with E-state index in [2.05, 4.69) is 5.43 Å². The molecule has 1 rings (SSSR count). The molecule has 0 spiro atoms. The van der Waals surface area contributed by atoms with E-state index in [-0.39, 0.29) is 0 Å². The molecular weight excluding hydrogens is 168 g/mol. The van der Waals surface area contributed by atoms with Gasteiger partial charge in [0.25, 0.3) is 0 Å². The first-order valence-corrected chi connectivity index (χ1v) is 4.69. The topological polar surface area (TPSA) is 64.3 Å². The normalized spacial score (nSPS) is 17.5. The van der Waals surface area contributed by atoms with Crippen LogP contribution in [-0.4, -0.2) is 18.1 Å². The van der Waals surface area contributed by atoms with Crippen LogP contribution in [0.3, 0.4) is 0 Å². The zero-order chi connectivity index (χ0) is 9.90. The lowest BCUT2D eigenvalue weighted by atomic mass is 10.2. The molecule has 0 aromatic carbocycles. The maximum atomic E-state index is 11.2. The number of rotatable bonds is 6. The van der Waals surface area contributed by atoms with Crippen molar-refractivity contribution >= 4 is 5.78 Å². The summed E-state index contributed by atoms with van der Waals surface area (Å²) in [6.45, 7) is 4.11. The molecule has 76 valence electrons. The summed E-state index contributed by atoms with van der Waals surface area (Å²) in [5.41, 5.74) is 1.99. The van der Waals surface area contributed by atoms with Crippen molar-refractivity contribution in [1.29, 1.82) is 0 Å². The number of ketones is 1. The van der Waals surface area contributed by atoms with Gasteiger partial charge in [-0.25, -0.2) is 5.43 Å². The van der Waals surface area contributed by atoms with Crippen molar-refractivity contribution in [1.82, 2.24) is 5.43 Å². The fourth-order valence-corrected chi connectivity index (χ4v) is 1.06. The van der Waals surface area contributed by atoms with Crippen LogP contribution in [0.1, 0.15) is 33.1 Å². The number of ether oxygens (including phenoxy) is 1. The Morgan fingerprint density at radius 3 is 2.69 bits per heavy atom. The predicted octanol–water partition coefficient (Wildman–Crippen LogP) is 0.572. The molecule has 1 aliphatic carbocycles. The summed E-state index contributed by atoms with van der Waals surface area (Å²) in [6.07, 6.45) is 2.64. The molecule has 13 heavy (non-hydrogen) atoms. The molecule has 0 radical (unpaired) electrons. The van der Waals surface area contributed by atoms with Gasteiger partial charge in [-0.1, -0.05) is 0 Å². The Balaban J connectivity index is 2.09. The summed E-state index contributed by atoms with van der Waals surface area (Å²) in [6, 6.07) is 0. The molecule has 0 aliphatic heterocycles. The number of carbonyl (C=O) groups excluding carboxylic acids is 1. The Morgan fingerprint density at radius 1 is 1.62 bits per heavy atom. The second kappa shape index (κ2) is 4.17. The lowest BCUT2D eigenvalue weighted by molar-refractivity contribution is -0.123. The summed E-state index contributed by atoms with van der Waals surface area (Å²) in [5.74, 6) is 5.89. The number of nitrogens with one attached hydrogen (secondary N) is 1. The first-order valence-electron chi connectivity index (χ1n) is 4.69. The smallest absolute Gasteiger partial charge is 0.138 e. The zero-order valence-electron chi connectivity index (χ0n) is 8.30. The predicted molar refractivity (Wildman–Crippen MR) is 49.7 cm³/mol. The van der Waals surface area contributed by atoms with Crippen LogP contribution in [0.4, 0.5) is 0 Å². The van der Waals surface area contributed by atoms with Crippen LogP contribution in [0, 0.1) is 5.92 Å². The van der Waals surface area contributed by atoms with E-state index in [0.717, 1.165) is 12.8 Å². The molecule has 0 bridgehead atoms. The molecule has 1 saturated carbocycles. The second-order valence-electron chi connectivity index (χ2n) is 3.99. The fraction of sp³-hybridized carbons (Fsp3) is 0.889. The van der Waals surface area contributed by atoms with Crippen LogP contribution in [-0.2, 0) is 9.53 Å². The number of nitrogens with two attached hydrogens (primary N) is 1. The first kappa shape index (κ1) is 10.6. The van der Waals surface area contributed by atoms with E-state index in [1.807, 2.05) is 13.8 Å². The Bertz CT molecular complexity index is 188. The number of hydrogen-bond acceptors (Lipinski definition) is 4. The summed E-state index contributed by atoms with van der Waals surface area (Å²) in [5, 5.41) is 0. The van der Waals surface area contributed by atoms with Crippen LogP contribution in [0.25, 0.3) is 0 Å². The number of Topliss-reactive ketones (excluding diaryl/α,β-unsaturated/α-hetero) is 1. The van der Waals surface area contributed by atoms with Crippen molar-refractivity contribution in [3.05, 3.63) is 0 Å². The van der Waals surface area contributed by atoms with Crippen molar-refractivity contribution in [2.24, 2.45) is 11.8 Å². The molecule has 0 heterocycles. The number of carbonyl (C=O) groups is 1. The SMILES string of the molecule is CC(C)(NN)OCCC(=O)C1CC1. The Hall–Kier alpha value is -0.450. The third-order valence-corrected chi connectivity index (χ3v) is 2.19. The lowest BCUT2D eigenvalue weighted by Gasteiger charge is -2.23. The molecule has 3 N–H and O–H groups in total. The quantitative estimate of drug-likeness (QED) is 0.361. The highest BCUT2D eigenvalue weighted by Gasteiger charge is 2.29. The van der Waals surface area contributed by atoms with Crippen LogP contribution in [0.15, 0.2) is 0 Å². The van der Waals surface area contributed by atoms with Crippen molar-refractivity contribution in [2.45, 2.75) is 38.8 Å². The molecule has 0 atom stereocenters. The van der Waals surface area contributed by atoms with Gasteiger partial charge in [-0.05, 0) is 26.7 Å². The van der Waals surface area contributed by atoms with E-state index in [1.54, 1.807) is 0 Å². The van der Waals surface area contributed by atoms with Gasteiger partial charge in [0, 0.05) is 12.3 Å². The Morgan fingerprint density at radius 2 is 2.23 bits per heavy atom. The van der Waals surface area contributed by atoms with E-state index in [4.69, 9.17) is 10.6 Å². The van der Waals surface area contributed by atoms with Gasteiger partial charge in [-0.15, -0.1) is 0 Å². The molecule has 0 aromatic rings. The third-order valence-electron chi connectivity index (χ3n) is 2.19. The Labute approximate surface area is 78.8 Å². The highest BCUT2D eigenvalue weighted by atomic mass is 16.5. The van der Waals surface area contributed by atoms with Crippen LogP contribution >= 0.6 is 0 Å². The first-order chi connectivity index (χ1) is 6.05. The minimum Gasteiger partial charge on any atom is -0.360 e. The molecule has 4 nitrogen and oxygen atoms in total. The van der Waals surface area contributed by atoms with Gasteiger partial charge < -0.3 is 4.74 Å². The maximum absolute atomic E-state index is 11.2. The van der Waals surface area contributed by atoms with E-state index < -0.39 is 5.72 Å². The average molecular weight is 186 g/mol. The van der Waals surface area contributed by atoms with Crippen molar-refractivity contribution in [3.8, 4) is 0 Å². The highest BCUT2D eigenvalue weighted by Crippen LogP contribution is 2.30. The van der Waals surface area contributed by atoms with Crippen LogP contribution in [0.2, 0.25) is 0 Å². The zero-order valence-corrected chi connectivity index (χ0v) is 8.30. The Kier molecular flexibility index (Phi) is 3.41. The summed E-state index contributed by atoms with van der Waals surface area (Å²) >= 11 is 0. The van der Waals surface area contributed by atoms with E-state index in [9.17, 15) is 4.79 Å². The molecule has 0 aromatic heterocycles. The maximum Gasteiger partial charge on any atom is 0.138 e. The highest BCUT2D eigenvalue weighted by molar-refractivity contribution is 5.83. The van der Waals surface area contributed by atoms with E-state index >= 15 is 0 Å². The van der Waals surface area contributed by atoms with Crippen molar-refractivity contribution in [2.75, 3.05) is 6.61 Å². The minimum atomic E-state index is -0.538. The summed E-state index contributed by atoms with van der Waals surface area (Å²) < 4.78 is 5.37. The van der Waals surface area contributed by atoms with Gasteiger partial charge in [-0.2, -0.15) is 0 Å². The monoisotopic (exact) mass is 186 g/mol. The molecule has 0 saturated heterocycles. The van der Waals surface area contributed by atoms with Crippen LogP contribution in [0.5, 0.6) is 0 Å². The van der Waals surface area contributed by atoms with Gasteiger partial charge in [0.1, 0.15) is 11.5 Å².